The van der Waals surface area contributed by atoms with Gasteiger partial charge in [-0.3, -0.25) is 4.90 Å². The molecule has 1 aliphatic rings. The predicted octanol–water partition coefficient (Wildman–Crippen LogP) is 7.33. The molecule has 1 atom stereocenters. The molecular formula is C26H25F5N2. The lowest BCUT2D eigenvalue weighted by Crippen LogP contribution is -2.38. The molecule has 4 rings (SSSR count). The lowest BCUT2D eigenvalue weighted by molar-refractivity contribution is -0.0938. The van der Waals surface area contributed by atoms with Gasteiger partial charge in [0.1, 0.15) is 11.6 Å². The van der Waals surface area contributed by atoms with Crippen molar-refractivity contribution in [2.75, 3.05) is 13.1 Å². The number of para-hydroxylation sites is 1. The summed E-state index contributed by atoms with van der Waals surface area (Å²) in [7, 11) is 0. The van der Waals surface area contributed by atoms with Gasteiger partial charge in [0.2, 0.25) is 0 Å². The van der Waals surface area contributed by atoms with E-state index >= 15 is 8.78 Å². The molecule has 2 nitrogen and oxygen atoms in total. The number of hydrogen-bond acceptors (Lipinski definition) is 1. The zero-order valence-electron chi connectivity index (χ0n) is 18.3. The fourth-order valence-corrected chi connectivity index (χ4v) is 4.65. The van der Waals surface area contributed by atoms with E-state index in [1.54, 1.807) is 19.1 Å². The highest BCUT2D eigenvalue weighted by Crippen LogP contribution is 2.41. The second-order valence-corrected chi connectivity index (χ2v) is 8.35. The summed E-state index contributed by atoms with van der Waals surface area (Å²) in [6.07, 6.45) is -0.528. The normalized spacial score (nSPS) is 17.1. The first-order chi connectivity index (χ1) is 15.7. The second kappa shape index (κ2) is 9.14. The van der Waals surface area contributed by atoms with E-state index in [1.807, 2.05) is 29.2 Å². The lowest BCUT2D eigenvalue weighted by Gasteiger charge is -2.36. The van der Waals surface area contributed by atoms with Crippen molar-refractivity contribution in [2.45, 2.75) is 38.4 Å². The van der Waals surface area contributed by atoms with Gasteiger partial charge in [-0.15, -0.1) is 0 Å². The summed E-state index contributed by atoms with van der Waals surface area (Å²) in [6, 6.07) is 9.48. The Morgan fingerprint density at radius 1 is 1.18 bits per heavy atom. The molecule has 2 heterocycles. The quantitative estimate of drug-likeness (QED) is 0.302. The number of benzene rings is 2. The van der Waals surface area contributed by atoms with Gasteiger partial charge in [-0.1, -0.05) is 36.9 Å². The predicted molar refractivity (Wildman–Crippen MR) is 121 cm³/mol. The Labute approximate surface area is 189 Å². The van der Waals surface area contributed by atoms with Crippen LogP contribution in [0.15, 0.2) is 54.6 Å². The number of halogens is 5. The number of aromatic amines is 1. The zero-order valence-corrected chi connectivity index (χ0v) is 18.3. The molecule has 1 N–H and O–H groups in total. The number of nitrogens with zero attached hydrogens (tertiary/aromatic N) is 1. The third kappa shape index (κ3) is 4.60. The fourth-order valence-electron chi connectivity index (χ4n) is 4.65. The Hall–Kier alpha value is -2.93. The minimum atomic E-state index is -4.44. The molecule has 0 fully saturated rings. The van der Waals surface area contributed by atoms with Gasteiger partial charge in [0.15, 0.2) is 0 Å². The summed E-state index contributed by atoms with van der Waals surface area (Å²) in [5.41, 5.74) is 2.07. The van der Waals surface area contributed by atoms with E-state index in [0.717, 1.165) is 16.5 Å². The number of nitrogens with one attached hydrogen (secondary N) is 1. The highest BCUT2D eigenvalue weighted by molar-refractivity contribution is 5.85. The molecule has 1 aliphatic heterocycles. The highest BCUT2D eigenvalue weighted by Gasteiger charge is 2.36. The van der Waals surface area contributed by atoms with Gasteiger partial charge in [0.05, 0.1) is 6.04 Å². The van der Waals surface area contributed by atoms with Gasteiger partial charge in [-0.25, -0.2) is 8.78 Å². The minimum absolute atomic E-state index is 0.0922. The summed E-state index contributed by atoms with van der Waals surface area (Å²) in [5.74, 6) is -1.35. The van der Waals surface area contributed by atoms with E-state index in [1.165, 1.54) is 12.1 Å². The van der Waals surface area contributed by atoms with Gasteiger partial charge < -0.3 is 4.98 Å². The molecule has 0 spiro atoms. The number of H-pyrrole nitrogens is 1. The summed E-state index contributed by atoms with van der Waals surface area (Å²) in [4.78, 5) is 5.19. The second-order valence-electron chi connectivity index (χ2n) is 8.35. The first-order valence-corrected chi connectivity index (χ1v) is 10.9. The lowest BCUT2D eigenvalue weighted by atomic mass is 9.90. The van der Waals surface area contributed by atoms with E-state index in [4.69, 9.17) is 0 Å². The standard InChI is InChI=1S/C26H25F5N2/c1-3-7-17-14-20(27)23(21(28)15-17)25-24-19(18-9-4-5-10-22(18)32-24)11-13-33(25)12-6-8-16(2)26(29,30)31/h3-5,7,9-10,14-15,25,32H,2,6,8,11-13H2,1H3/b7-3+. The first kappa shape index (κ1) is 23.2. The number of aromatic nitrogens is 1. The number of rotatable bonds is 6. The molecule has 2 aromatic carbocycles. The van der Waals surface area contributed by atoms with Crippen LogP contribution in [0.1, 0.15) is 48.2 Å². The fraction of sp³-hybridized carbons (Fsp3) is 0.308. The number of alkyl halides is 3. The van der Waals surface area contributed by atoms with Crippen molar-refractivity contribution < 1.29 is 22.0 Å². The molecule has 1 unspecified atom stereocenters. The smallest absolute Gasteiger partial charge is 0.357 e. The van der Waals surface area contributed by atoms with E-state index in [9.17, 15) is 13.2 Å². The van der Waals surface area contributed by atoms with Crippen LogP contribution in [0.3, 0.4) is 0 Å². The van der Waals surface area contributed by atoms with Crippen LogP contribution in [0.25, 0.3) is 17.0 Å². The van der Waals surface area contributed by atoms with Crippen molar-refractivity contribution in [1.82, 2.24) is 9.88 Å². The SMILES string of the molecule is C=C(CCCN1CCc2c([nH]c3ccccc23)C1c1c(F)cc(/C=C/C)cc1F)C(F)(F)F. The van der Waals surface area contributed by atoms with E-state index in [2.05, 4.69) is 11.6 Å². The van der Waals surface area contributed by atoms with Gasteiger partial charge in [0.25, 0.3) is 0 Å². The zero-order chi connectivity index (χ0) is 23.8. The Morgan fingerprint density at radius 2 is 1.88 bits per heavy atom. The van der Waals surface area contributed by atoms with Crippen molar-refractivity contribution in [3.63, 3.8) is 0 Å². The van der Waals surface area contributed by atoms with E-state index in [0.29, 0.717) is 24.2 Å². The van der Waals surface area contributed by atoms with Crippen LogP contribution in [-0.4, -0.2) is 29.1 Å². The van der Waals surface area contributed by atoms with Gasteiger partial charge in [-0.05, 0) is 62.1 Å². The van der Waals surface area contributed by atoms with Crippen molar-refractivity contribution in [2.24, 2.45) is 0 Å². The third-order valence-corrected chi connectivity index (χ3v) is 6.19. The summed E-state index contributed by atoms with van der Waals surface area (Å²) < 4.78 is 69.1. The maximum Gasteiger partial charge on any atom is 0.412 e. The van der Waals surface area contributed by atoms with Gasteiger partial charge >= 0.3 is 6.18 Å². The number of allylic oxidation sites excluding steroid dienone is 2. The average molecular weight is 460 g/mol. The van der Waals surface area contributed by atoms with Crippen LogP contribution in [0, 0.1) is 11.6 Å². The summed E-state index contributed by atoms with van der Waals surface area (Å²) in [5, 5.41) is 0.994. The van der Waals surface area contributed by atoms with Gasteiger partial charge in [-0.2, -0.15) is 13.2 Å². The maximum atomic E-state index is 15.3. The Balaban J connectivity index is 1.74. The topological polar surface area (TPSA) is 19.0 Å². The van der Waals surface area contributed by atoms with Crippen LogP contribution >= 0.6 is 0 Å². The molecule has 174 valence electrons. The van der Waals surface area contributed by atoms with Crippen molar-refractivity contribution in [3.05, 3.63) is 88.6 Å². The molecule has 3 aromatic rings. The molecule has 0 radical (unpaired) electrons. The van der Waals surface area contributed by atoms with Crippen LogP contribution in [0.2, 0.25) is 0 Å². The largest absolute Gasteiger partial charge is 0.412 e. The van der Waals surface area contributed by atoms with Crippen LogP contribution in [0.5, 0.6) is 0 Å². The van der Waals surface area contributed by atoms with E-state index in [-0.39, 0.29) is 24.9 Å². The average Bonchev–Trinajstić information content (AvgIpc) is 3.12. The molecule has 0 amide bonds. The Bertz CT molecular complexity index is 1180. The molecule has 0 saturated heterocycles. The van der Waals surface area contributed by atoms with Crippen molar-refractivity contribution in [1.29, 1.82) is 0 Å². The van der Waals surface area contributed by atoms with Crippen LogP contribution in [0.4, 0.5) is 22.0 Å². The van der Waals surface area contributed by atoms with Crippen molar-refractivity contribution in [3.8, 4) is 0 Å². The molecule has 1 aromatic heterocycles. The third-order valence-electron chi connectivity index (χ3n) is 6.19. The first-order valence-electron chi connectivity index (χ1n) is 10.9. The molecule has 0 bridgehead atoms. The van der Waals surface area contributed by atoms with Gasteiger partial charge in [0, 0.05) is 34.3 Å². The minimum Gasteiger partial charge on any atom is -0.357 e. The molecule has 33 heavy (non-hydrogen) atoms. The number of fused-ring (bicyclic) bond motifs is 3. The van der Waals surface area contributed by atoms with Crippen LogP contribution in [-0.2, 0) is 6.42 Å². The monoisotopic (exact) mass is 460 g/mol. The molecular weight excluding hydrogens is 435 g/mol. The molecule has 0 saturated carbocycles. The highest BCUT2D eigenvalue weighted by atomic mass is 19.4. The summed E-state index contributed by atoms with van der Waals surface area (Å²) in [6.45, 7) is 5.63. The van der Waals surface area contributed by atoms with E-state index < -0.39 is 29.4 Å². The van der Waals surface area contributed by atoms with Crippen molar-refractivity contribution >= 4 is 17.0 Å². The summed E-state index contributed by atoms with van der Waals surface area (Å²) >= 11 is 0. The number of hydrogen-bond donors (Lipinski definition) is 1. The van der Waals surface area contributed by atoms with Crippen LogP contribution < -0.4 is 0 Å². The Morgan fingerprint density at radius 3 is 2.55 bits per heavy atom. The molecule has 7 heteroatoms. The Kier molecular flexibility index (Phi) is 6.43. The molecule has 0 aliphatic carbocycles. The maximum absolute atomic E-state index is 15.3.